The van der Waals surface area contributed by atoms with Crippen LogP contribution in [0.4, 0.5) is 0 Å². The lowest BCUT2D eigenvalue weighted by Gasteiger charge is -2.04. The molecule has 134 valence electrons. The summed E-state index contributed by atoms with van der Waals surface area (Å²) in [6.45, 7) is 8.03. The van der Waals surface area contributed by atoms with E-state index in [0.717, 1.165) is 12.8 Å². The lowest BCUT2D eigenvalue weighted by Crippen LogP contribution is -2.05. The van der Waals surface area contributed by atoms with Crippen LogP contribution in [0.1, 0.15) is 90.9 Å². The maximum atomic E-state index is 11.2. The molecule has 0 aromatic rings. The first-order valence-corrected chi connectivity index (χ1v) is 9.63. The van der Waals surface area contributed by atoms with Crippen LogP contribution in [0.25, 0.3) is 0 Å². The molecule has 1 saturated heterocycles. The summed E-state index contributed by atoms with van der Waals surface area (Å²) in [7, 11) is 0. The summed E-state index contributed by atoms with van der Waals surface area (Å²) in [5, 5.41) is 0. The van der Waals surface area contributed by atoms with Crippen molar-refractivity contribution in [1.29, 1.82) is 0 Å². The highest BCUT2D eigenvalue weighted by molar-refractivity contribution is 5.86. The number of rotatable bonds is 15. The minimum Gasteiger partial charge on any atom is -0.462 e. The van der Waals surface area contributed by atoms with Gasteiger partial charge in [-0.2, -0.15) is 0 Å². The molecule has 1 aliphatic rings. The molecule has 0 saturated carbocycles. The van der Waals surface area contributed by atoms with Gasteiger partial charge in [-0.1, -0.05) is 71.3 Å². The van der Waals surface area contributed by atoms with E-state index in [1.807, 2.05) is 0 Å². The Kier molecular flexibility index (Phi) is 11.1. The van der Waals surface area contributed by atoms with Crippen LogP contribution in [0.15, 0.2) is 12.2 Å². The minimum absolute atomic E-state index is 0.264. The molecular weight excluding hydrogens is 288 g/mol. The monoisotopic (exact) mass is 324 g/mol. The van der Waals surface area contributed by atoms with Gasteiger partial charge in [0, 0.05) is 5.57 Å². The molecule has 1 rings (SSSR count). The second-order valence-corrected chi connectivity index (χ2v) is 6.89. The van der Waals surface area contributed by atoms with Crippen molar-refractivity contribution in [3.63, 3.8) is 0 Å². The largest absolute Gasteiger partial charge is 0.462 e. The van der Waals surface area contributed by atoms with Crippen molar-refractivity contribution in [2.45, 2.75) is 103 Å². The van der Waals surface area contributed by atoms with E-state index in [1.165, 1.54) is 64.2 Å². The van der Waals surface area contributed by atoms with Crippen LogP contribution >= 0.6 is 0 Å². The van der Waals surface area contributed by atoms with E-state index in [4.69, 9.17) is 9.47 Å². The molecule has 0 radical (unpaired) electrons. The second-order valence-electron chi connectivity index (χ2n) is 6.89. The van der Waals surface area contributed by atoms with Gasteiger partial charge in [0.1, 0.15) is 0 Å². The van der Waals surface area contributed by atoms with Crippen molar-refractivity contribution in [3.8, 4) is 0 Å². The number of epoxide rings is 1. The smallest absolute Gasteiger partial charge is 0.333 e. The first kappa shape index (κ1) is 20.2. The van der Waals surface area contributed by atoms with E-state index < -0.39 is 0 Å². The van der Waals surface area contributed by atoms with Gasteiger partial charge in [-0.05, 0) is 26.2 Å². The molecule has 0 N–H and O–H groups in total. The summed E-state index contributed by atoms with van der Waals surface area (Å²) < 4.78 is 10.8. The van der Waals surface area contributed by atoms with E-state index in [-0.39, 0.29) is 5.97 Å². The normalized spacial score (nSPS) is 19.6. The van der Waals surface area contributed by atoms with Crippen LogP contribution in [-0.2, 0) is 14.3 Å². The molecule has 0 amide bonds. The van der Waals surface area contributed by atoms with Gasteiger partial charge in [-0.3, -0.25) is 0 Å². The number of unbranched alkanes of at least 4 members (excludes halogenated alkanes) is 8. The summed E-state index contributed by atoms with van der Waals surface area (Å²) in [6, 6.07) is 0. The Labute approximate surface area is 142 Å². The van der Waals surface area contributed by atoms with Crippen molar-refractivity contribution in [3.05, 3.63) is 12.2 Å². The minimum atomic E-state index is -0.264. The third-order valence-electron chi connectivity index (χ3n) is 4.49. The Morgan fingerprint density at radius 1 is 0.913 bits per heavy atom. The number of esters is 1. The van der Waals surface area contributed by atoms with E-state index in [1.54, 1.807) is 6.92 Å². The van der Waals surface area contributed by atoms with Gasteiger partial charge >= 0.3 is 5.97 Å². The summed E-state index contributed by atoms with van der Waals surface area (Å²) >= 11 is 0. The molecule has 0 bridgehead atoms. The number of hydrogen-bond acceptors (Lipinski definition) is 3. The molecule has 0 aromatic carbocycles. The van der Waals surface area contributed by atoms with Crippen molar-refractivity contribution in [2.24, 2.45) is 0 Å². The summed E-state index contributed by atoms with van der Waals surface area (Å²) in [5.74, 6) is -0.264. The molecule has 2 unspecified atom stereocenters. The molecule has 1 heterocycles. The van der Waals surface area contributed by atoms with E-state index in [9.17, 15) is 4.79 Å². The Balaban J connectivity index is 1.76. The Bertz CT molecular complexity index is 338. The highest BCUT2D eigenvalue weighted by Crippen LogP contribution is 2.31. The molecule has 23 heavy (non-hydrogen) atoms. The average Bonchev–Trinajstić information content (AvgIpc) is 3.27. The van der Waals surface area contributed by atoms with Gasteiger partial charge in [0.25, 0.3) is 0 Å². The first-order chi connectivity index (χ1) is 11.1. The van der Waals surface area contributed by atoms with Gasteiger partial charge in [-0.15, -0.1) is 0 Å². The van der Waals surface area contributed by atoms with Gasteiger partial charge in [0.05, 0.1) is 18.8 Å². The maximum Gasteiger partial charge on any atom is 0.333 e. The summed E-state index contributed by atoms with van der Waals surface area (Å²) in [5.41, 5.74) is 0.484. The number of carbonyl (C=O) groups excluding carboxylic acids is 1. The Morgan fingerprint density at radius 3 is 2.00 bits per heavy atom. The zero-order chi connectivity index (χ0) is 16.9. The molecule has 2 atom stereocenters. The zero-order valence-electron chi connectivity index (χ0n) is 15.3. The second kappa shape index (κ2) is 12.6. The molecule has 0 spiro atoms. The van der Waals surface area contributed by atoms with Gasteiger partial charge in [0.15, 0.2) is 0 Å². The fraction of sp³-hybridized carbons (Fsp3) is 0.850. The zero-order valence-corrected chi connectivity index (χ0v) is 15.3. The third-order valence-corrected chi connectivity index (χ3v) is 4.49. The van der Waals surface area contributed by atoms with Crippen molar-refractivity contribution >= 4 is 5.97 Å². The topological polar surface area (TPSA) is 38.8 Å². The molecule has 3 nitrogen and oxygen atoms in total. The van der Waals surface area contributed by atoms with Crippen LogP contribution in [0, 0.1) is 0 Å². The van der Waals surface area contributed by atoms with Crippen LogP contribution in [0.2, 0.25) is 0 Å². The number of hydrogen-bond donors (Lipinski definition) is 0. The van der Waals surface area contributed by atoms with Crippen molar-refractivity contribution < 1.29 is 14.3 Å². The summed E-state index contributed by atoms with van der Waals surface area (Å²) in [4.78, 5) is 11.2. The molecule has 1 fully saturated rings. The third kappa shape index (κ3) is 10.5. The Morgan fingerprint density at radius 2 is 1.43 bits per heavy atom. The maximum absolute atomic E-state index is 11.2. The number of carbonyl (C=O) groups is 1. The van der Waals surface area contributed by atoms with Gasteiger partial charge in [0.2, 0.25) is 0 Å². The highest BCUT2D eigenvalue weighted by atomic mass is 16.6. The van der Waals surface area contributed by atoms with Gasteiger partial charge < -0.3 is 9.47 Å². The molecule has 0 aromatic heterocycles. The molecule has 1 aliphatic heterocycles. The lowest BCUT2D eigenvalue weighted by atomic mass is 10.0. The van der Waals surface area contributed by atoms with Crippen LogP contribution in [-0.4, -0.2) is 24.8 Å². The van der Waals surface area contributed by atoms with E-state index >= 15 is 0 Å². The molecular formula is C20H36O3. The average molecular weight is 325 g/mol. The summed E-state index contributed by atoms with van der Waals surface area (Å²) in [6.07, 6.45) is 16.3. The van der Waals surface area contributed by atoms with E-state index in [0.29, 0.717) is 24.4 Å². The fourth-order valence-electron chi connectivity index (χ4n) is 2.90. The van der Waals surface area contributed by atoms with Gasteiger partial charge in [-0.25, -0.2) is 4.79 Å². The van der Waals surface area contributed by atoms with Crippen LogP contribution in [0.3, 0.4) is 0 Å². The predicted octanol–water partition coefficient (Wildman–Crippen LogP) is 5.57. The van der Waals surface area contributed by atoms with Crippen LogP contribution < -0.4 is 0 Å². The van der Waals surface area contributed by atoms with Crippen molar-refractivity contribution in [1.82, 2.24) is 0 Å². The molecule has 0 aliphatic carbocycles. The standard InChI is InChI=1S/C20H36O3/c1-4-5-11-14-18-19(23-18)15-12-9-7-6-8-10-13-16-22-20(21)17(2)3/h18-19H,2,4-16H2,1,3H3. The highest BCUT2D eigenvalue weighted by Gasteiger charge is 2.36. The lowest BCUT2D eigenvalue weighted by molar-refractivity contribution is -0.139. The van der Waals surface area contributed by atoms with Crippen molar-refractivity contribution in [2.75, 3.05) is 6.61 Å². The first-order valence-electron chi connectivity index (χ1n) is 9.63. The number of ether oxygens (including phenoxy) is 2. The molecule has 3 heteroatoms. The predicted molar refractivity (Wildman–Crippen MR) is 95.5 cm³/mol. The fourth-order valence-corrected chi connectivity index (χ4v) is 2.90. The van der Waals surface area contributed by atoms with Crippen LogP contribution in [0.5, 0.6) is 0 Å². The van der Waals surface area contributed by atoms with E-state index in [2.05, 4.69) is 13.5 Å². The quantitative estimate of drug-likeness (QED) is 0.171. The SMILES string of the molecule is C=C(C)C(=O)OCCCCCCCCCC1OC1CCCCC. The Hall–Kier alpha value is -0.830.